The van der Waals surface area contributed by atoms with Crippen molar-refractivity contribution in [3.63, 3.8) is 0 Å². The average molecular weight is 515 g/mol. The summed E-state index contributed by atoms with van der Waals surface area (Å²) in [5.74, 6) is 0.898. The molecule has 0 unspecified atom stereocenters. The standard InChI is InChI=1S/C22H37N5O.HI/c1-3-9-21(28)26-20-12-10-19(11-13-20)18-25-22(23-2)24-14-8-17-27-15-6-4-5-7-16-27;/h10-13H,3-9,14-18H2,1-2H3,(H,26,28)(H2,23,24,25);1H. The van der Waals surface area contributed by atoms with Crippen LogP contribution in [0.5, 0.6) is 0 Å². The van der Waals surface area contributed by atoms with E-state index in [4.69, 9.17) is 0 Å². The summed E-state index contributed by atoms with van der Waals surface area (Å²) in [6.45, 7) is 7.30. The molecule has 0 bridgehead atoms. The monoisotopic (exact) mass is 515 g/mol. The smallest absolute Gasteiger partial charge is 0.224 e. The number of guanidine groups is 1. The Kier molecular flexibility index (Phi) is 13.7. The van der Waals surface area contributed by atoms with Crippen molar-refractivity contribution in [3.8, 4) is 0 Å². The second-order valence-corrected chi connectivity index (χ2v) is 7.46. The van der Waals surface area contributed by atoms with Crippen molar-refractivity contribution in [1.82, 2.24) is 15.5 Å². The molecule has 3 N–H and O–H groups in total. The van der Waals surface area contributed by atoms with Crippen LogP contribution in [0.25, 0.3) is 0 Å². The Labute approximate surface area is 193 Å². The molecule has 1 aromatic rings. The Morgan fingerprint density at radius 1 is 1.07 bits per heavy atom. The number of halogens is 1. The molecule has 0 aromatic heterocycles. The summed E-state index contributed by atoms with van der Waals surface area (Å²) in [5.41, 5.74) is 2.00. The molecule has 7 heteroatoms. The minimum Gasteiger partial charge on any atom is -0.356 e. The molecular weight excluding hydrogens is 477 g/mol. The predicted molar refractivity (Wildman–Crippen MR) is 133 cm³/mol. The molecular formula is C22H38IN5O. The van der Waals surface area contributed by atoms with E-state index in [1.54, 1.807) is 7.05 Å². The van der Waals surface area contributed by atoms with Crippen LogP contribution in [0.4, 0.5) is 5.69 Å². The minimum atomic E-state index is 0. The summed E-state index contributed by atoms with van der Waals surface area (Å²) in [5, 5.41) is 9.67. The zero-order valence-corrected chi connectivity index (χ0v) is 20.3. The number of amides is 1. The lowest BCUT2D eigenvalue weighted by Crippen LogP contribution is -2.38. The van der Waals surface area contributed by atoms with Crippen molar-refractivity contribution in [3.05, 3.63) is 29.8 Å². The van der Waals surface area contributed by atoms with Gasteiger partial charge in [-0.2, -0.15) is 0 Å². The molecule has 0 saturated carbocycles. The first-order valence-corrected chi connectivity index (χ1v) is 10.8. The molecule has 1 aliphatic rings. The number of anilines is 1. The molecule has 1 fully saturated rings. The highest BCUT2D eigenvalue weighted by atomic mass is 127. The molecule has 2 rings (SSSR count). The molecule has 1 aromatic carbocycles. The van der Waals surface area contributed by atoms with Crippen LogP contribution in [-0.2, 0) is 11.3 Å². The lowest BCUT2D eigenvalue weighted by molar-refractivity contribution is -0.116. The quantitative estimate of drug-likeness (QED) is 0.202. The van der Waals surface area contributed by atoms with Crippen molar-refractivity contribution in [2.75, 3.05) is 38.5 Å². The topological polar surface area (TPSA) is 68.8 Å². The summed E-state index contributed by atoms with van der Waals surface area (Å²) >= 11 is 0. The van der Waals surface area contributed by atoms with Crippen molar-refractivity contribution in [2.45, 2.75) is 58.4 Å². The Bertz CT molecular complexity index is 598. The normalized spacial score (nSPS) is 15.2. The molecule has 1 amide bonds. The van der Waals surface area contributed by atoms with Gasteiger partial charge in [0.25, 0.3) is 0 Å². The Hall–Kier alpha value is -1.35. The highest BCUT2D eigenvalue weighted by Gasteiger charge is 2.08. The maximum atomic E-state index is 11.6. The summed E-state index contributed by atoms with van der Waals surface area (Å²) in [6.07, 6.45) is 8.01. The molecule has 0 radical (unpaired) electrons. The van der Waals surface area contributed by atoms with E-state index >= 15 is 0 Å². The zero-order valence-electron chi connectivity index (χ0n) is 18.0. The molecule has 29 heavy (non-hydrogen) atoms. The third kappa shape index (κ3) is 10.8. The highest BCUT2D eigenvalue weighted by Crippen LogP contribution is 2.11. The van der Waals surface area contributed by atoms with Crippen LogP contribution in [0.3, 0.4) is 0 Å². The van der Waals surface area contributed by atoms with E-state index in [1.807, 2.05) is 31.2 Å². The van der Waals surface area contributed by atoms with Crippen molar-refractivity contribution < 1.29 is 4.79 Å². The first kappa shape index (κ1) is 25.7. The van der Waals surface area contributed by atoms with Gasteiger partial charge in [-0.25, -0.2) is 0 Å². The van der Waals surface area contributed by atoms with E-state index in [1.165, 1.54) is 38.8 Å². The van der Waals surface area contributed by atoms with Gasteiger partial charge < -0.3 is 20.9 Å². The lowest BCUT2D eigenvalue weighted by Gasteiger charge is -2.20. The van der Waals surface area contributed by atoms with Gasteiger partial charge in [-0.3, -0.25) is 9.79 Å². The Morgan fingerprint density at radius 2 is 1.76 bits per heavy atom. The van der Waals surface area contributed by atoms with Crippen molar-refractivity contribution >= 4 is 41.5 Å². The van der Waals surface area contributed by atoms with E-state index in [0.29, 0.717) is 13.0 Å². The number of hydrogen-bond donors (Lipinski definition) is 3. The van der Waals surface area contributed by atoms with Crippen LogP contribution in [0, 0.1) is 0 Å². The van der Waals surface area contributed by atoms with Crippen molar-refractivity contribution in [2.24, 2.45) is 4.99 Å². The van der Waals surface area contributed by atoms with Gasteiger partial charge in [0.15, 0.2) is 5.96 Å². The van der Waals surface area contributed by atoms with Gasteiger partial charge in [-0.15, -0.1) is 24.0 Å². The number of likely N-dealkylation sites (tertiary alicyclic amines) is 1. The number of hydrogen-bond acceptors (Lipinski definition) is 3. The van der Waals surface area contributed by atoms with E-state index in [2.05, 4.69) is 25.8 Å². The molecule has 164 valence electrons. The van der Waals surface area contributed by atoms with E-state index in [0.717, 1.165) is 43.1 Å². The number of rotatable bonds is 9. The maximum absolute atomic E-state index is 11.6. The molecule has 1 saturated heterocycles. The minimum absolute atomic E-state index is 0. The van der Waals surface area contributed by atoms with Crippen LogP contribution < -0.4 is 16.0 Å². The van der Waals surface area contributed by atoms with E-state index in [9.17, 15) is 4.79 Å². The van der Waals surface area contributed by atoms with Gasteiger partial charge in [0, 0.05) is 32.2 Å². The number of carbonyl (C=O) groups excluding carboxylic acids is 1. The lowest BCUT2D eigenvalue weighted by atomic mass is 10.2. The number of benzene rings is 1. The molecule has 0 atom stereocenters. The average Bonchev–Trinajstić information content (AvgIpc) is 2.97. The van der Waals surface area contributed by atoms with Gasteiger partial charge in [0.2, 0.25) is 5.91 Å². The third-order valence-corrected chi connectivity index (χ3v) is 5.04. The Morgan fingerprint density at radius 3 is 2.38 bits per heavy atom. The van der Waals surface area contributed by atoms with Crippen LogP contribution in [0.2, 0.25) is 0 Å². The molecule has 1 heterocycles. The fraction of sp³-hybridized carbons (Fsp3) is 0.636. The first-order valence-electron chi connectivity index (χ1n) is 10.8. The maximum Gasteiger partial charge on any atom is 0.224 e. The van der Waals surface area contributed by atoms with E-state index < -0.39 is 0 Å². The largest absolute Gasteiger partial charge is 0.356 e. The summed E-state index contributed by atoms with van der Waals surface area (Å²) in [7, 11) is 1.80. The fourth-order valence-electron chi connectivity index (χ4n) is 3.43. The number of nitrogens with one attached hydrogen (secondary N) is 3. The molecule has 1 aliphatic heterocycles. The summed E-state index contributed by atoms with van der Waals surface area (Å²) in [6, 6.07) is 7.95. The SMILES string of the molecule is CCCC(=O)Nc1ccc(CNC(=NC)NCCCN2CCCCCC2)cc1.I. The molecule has 0 spiro atoms. The second kappa shape index (κ2) is 15.5. The highest BCUT2D eigenvalue weighted by molar-refractivity contribution is 14.0. The molecule has 0 aliphatic carbocycles. The van der Waals surface area contributed by atoms with Crippen LogP contribution in [-0.4, -0.2) is 50.0 Å². The second-order valence-electron chi connectivity index (χ2n) is 7.46. The first-order chi connectivity index (χ1) is 13.7. The zero-order chi connectivity index (χ0) is 20.0. The van der Waals surface area contributed by atoms with Gasteiger partial charge in [0.1, 0.15) is 0 Å². The van der Waals surface area contributed by atoms with Crippen LogP contribution >= 0.6 is 24.0 Å². The Balaban J connectivity index is 0.00000420. The third-order valence-electron chi connectivity index (χ3n) is 5.04. The van der Waals surface area contributed by atoms with Gasteiger partial charge in [-0.05, 0) is 63.0 Å². The molecule has 6 nitrogen and oxygen atoms in total. The number of aliphatic imine (C=N–C) groups is 1. The van der Waals surface area contributed by atoms with Crippen LogP contribution in [0.15, 0.2) is 29.3 Å². The summed E-state index contributed by atoms with van der Waals surface area (Å²) < 4.78 is 0. The number of carbonyl (C=O) groups is 1. The predicted octanol–water partition coefficient (Wildman–Crippen LogP) is 3.97. The summed E-state index contributed by atoms with van der Waals surface area (Å²) in [4.78, 5) is 18.5. The van der Waals surface area contributed by atoms with Crippen LogP contribution in [0.1, 0.15) is 57.4 Å². The van der Waals surface area contributed by atoms with Gasteiger partial charge in [-0.1, -0.05) is 31.9 Å². The number of nitrogens with zero attached hydrogens (tertiary/aromatic N) is 2. The van der Waals surface area contributed by atoms with Gasteiger partial charge >= 0.3 is 0 Å². The fourth-order valence-corrected chi connectivity index (χ4v) is 3.43. The van der Waals surface area contributed by atoms with E-state index in [-0.39, 0.29) is 29.9 Å². The van der Waals surface area contributed by atoms with Gasteiger partial charge in [0.05, 0.1) is 0 Å². The van der Waals surface area contributed by atoms with Crippen molar-refractivity contribution in [1.29, 1.82) is 0 Å².